The lowest BCUT2D eigenvalue weighted by atomic mass is 9.88. The molecule has 1 aromatic heterocycles. The zero-order valence-corrected chi connectivity index (χ0v) is 29.2. The monoisotopic (exact) mass is 648 g/mol. The summed E-state index contributed by atoms with van der Waals surface area (Å²) in [7, 11) is 0. The van der Waals surface area contributed by atoms with E-state index >= 15 is 0 Å². The van der Waals surface area contributed by atoms with Gasteiger partial charge in [0, 0.05) is 51.4 Å². The van der Waals surface area contributed by atoms with Crippen molar-refractivity contribution in [3.8, 4) is 5.69 Å². The molecule has 3 aliphatic carbocycles. The van der Waals surface area contributed by atoms with Crippen LogP contribution in [0.15, 0.2) is 152 Å². The minimum Gasteiger partial charge on any atom is -0.317 e. The molecule has 2 nitrogen and oxygen atoms in total. The summed E-state index contributed by atoms with van der Waals surface area (Å²) < 4.78 is 2.53. The number of anilines is 1. The molecule has 2 heterocycles. The van der Waals surface area contributed by atoms with Crippen LogP contribution in [0.4, 0.5) is 5.69 Å². The highest BCUT2D eigenvalue weighted by Gasteiger charge is 2.25. The van der Waals surface area contributed by atoms with E-state index in [-0.39, 0.29) is 0 Å². The molecule has 1 aliphatic heterocycles. The highest BCUT2D eigenvalue weighted by atomic mass is 15.1. The molecule has 0 radical (unpaired) electrons. The Morgan fingerprint density at radius 3 is 2.52 bits per heavy atom. The Morgan fingerprint density at radius 1 is 0.880 bits per heavy atom. The zero-order chi connectivity index (χ0) is 34.2. The molecule has 4 aliphatic rings. The highest BCUT2D eigenvalue weighted by molar-refractivity contribution is 5.87. The highest BCUT2D eigenvalue weighted by Crippen LogP contribution is 2.39. The maximum Gasteiger partial charge on any atom is 0.0533 e. The van der Waals surface area contributed by atoms with Gasteiger partial charge in [0.25, 0.3) is 0 Å². The van der Waals surface area contributed by atoms with E-state index < -0.39 is 0 Å². The second-order valence-corrected chi connectivity index (χ2v) is 13.8. The van der Waals surface area contributed by atoms with Crippen molar-refractivity contribution in [1.29, 1.82) is 0 Å². The van der Waals surface area contributed by atoms with Gasteiger partial charge in [-0.05, 0) is 120 Å². The number of hydrogen-bond donors (Lipinski definition) is 0. The SMILES string of the molecule is C=C/C(=C\C(C)C=CC)N1/C=C\C=C/C(=C)c2cc(C3=CC=C(C4=Cc5c(n(-c6ccc7ccccc7c6)c6c5=CCCC=6)C4)CC3)ccc21. The van der Waals surface area contributed by atoms with E-state index in [4.69, 9.17) is 0 Å². The van der Waals surface area contributed by atoms with Crippen molar-refractivity contribution in [3.05, 3.63) is 185 Å². The van der Waals surface area contributed by atoms with Crippen molar-refractivity contribution < 1.29 is 0 Å². The largest absolute Gasteiger partial charge is 0.317 e. The topological polar surface area (TPSA) is 8.17 Å². The smallest absolute Gasteiger partial charge is 0.0533 e. The minimum atomic E-state index is 0.299. The predicted molar refractivity (Wildman–Crippen MR) is 216 cm³/mol. The fraction of sp³-hybridized carbons (Fsp3) is 0.167. The molecule has 246 valence electrons. The average molecular weight is 649 g/mol. The predicted octanol–water partition coefficient (Wildman–Crippen LogP) is 10.9. The van der Waals surface area contributed by atoms with Crippen molar-refractivity contribution >= 4 is 45.8 Å². The van der Waals surface area contributed by atoms with Crippen molar-refractivity contribution in [3.63, 3.8) is 0 Å². The first-order valence-electron chi connectivity index (χ1n) is 18.0. The Hall–Kier alpha value is -5.60. The summed E-state index contributed by atoms with van der Waals surface area (Å²) in [6.07, 6.45) is 34.2. The fourth-order valence-corrected chi connectivity index (χ4v) is 8.03. The normalized spacial score (nSPS) is 18.8. The third kappa shape index (κ3) is 5.75. The van der Waals surface area contributed by atoms with Crippen molar-refractivity contribution in [2.45, 2.75) is 46.0 Å². The van der Waals surface area contributed by atoms with E-state index in [1.807, 2.05) is 6.08 Å². The first kappa shape index (κ1) is 31.7. The first-order valence-corrected chi connectivity index (χ1v) is 18.0. The van der Waals surface area contributed by atoms with Crippen LogP contribution in [-0.4, -0.2) is 4.57 Å². The Labute approximate surface area is 296 Å². The Balaban J connectivity index is 1.11. The van der Waals surface area contributed by atoms with Crippen LogP contribution in [0.25, 0.3) is 45.8 Å². The molecule has 0 bridgehead atoms. The van der Waals surface area contributed by atoms with Crippen LogP contribution in [0.5, 0.6) is 0 Å². The van der Waals surface area contributed by atoms with Gasteiger partial charge in [-0.1, -0.05) is 111 Å². The third-order valence-corrected chi connectivity index (χ3v) is 10.5. The van der Waals surface area contributed by atoms with Crippen LogP contribution in [-0.2, 0) is 6.42 Å². The van der Waals surface area contributed by atoms with Crippen LogP contribution < -0.4 is 15.5 Å². The molecule has 0 spiro atoms. The van der Waals surface area contributed by atoms with Crippen molar-refractivity contribution in [1.82, 2.24) is 4.57 Å². The maximum absolute atomic E-state index is 4.46. The molecule has 2 heteroatoms. The third-order valence-electron chi connectivity index (χ3n) is 10.5. The van der Waals surface area contributed by atoms with Crippen LogP contribution in [0.1, 0.15) is 61.9 Å². The number of rotatable bonds is 7. The molecule has 8 rings (SSSR count). The summed E-state index contributed by atoms with van der Waals surface area (Å²) in [4.78, 5) is 2.23. The summed E-state index contributed by atoms with van der Waals surface area (Å²) in [6, 6.07) is 22.4. The fourth-order valence-electron chi connectivity index (χ4n) is 8.03. The quantitative estimate of drug-likeness (QED) is 0.143. The van der Waals surface area contributed by atoms with Crippen molar-refractivity contribution in [2.24, 2.45) is 5.92 Å². The van der Waals surface area contributed by atoms with Crippen molar-refractivity contribution in [2.75, 3.05) is 4.90 Å². The molecule has 0 N–H and O–H groups in total. The van der Waals surface area contributed by atoms with Gasteiger partial charge in [-0.25, -0.2) is 0 Å². The van der Waals surface area contributed by atoms with E-state index in [9.17, 15) is 0 Å². The number of aromatic nitrogens is 1. The Bertz CT molecular complexity index is 2410. The van der Waals surface area contributed by atoms with Crippen LogP contribution in [0, 0.1) is 5.92 Å². The van der Waals surface area contributed by atoms with Crippen LogP contribution in [0.3, 0.4) is 0 Å². The summed E-state index contributed by atoms with van der Waals surface area (Å²) in [5.74, 6) is 0.299. The second kappa shape index (κ2) is 13.4. The molecule has 1 atom stereocenters. The molecule has 50 heavy (non-hydrogen) atoms. The first-order chi connectivity index (χ1) is 24.5. The molecule has 0 fully saturated rings. The van der Waals surface area contributed by atoms with E-state index in [2.05, 4.69) is 170 Å². The molecule has 4 aromatic rings. The number of nitrogens with zero attached hydrogens (tertiary/aromatic N) is 2. The van der Waals surface area contributed by atoms with Gasteiger partial charge in [-0.15, -0.1) is 0 Å². The van der Waals surface area contributed by atoms with E-state index in [1.165, 1.54) is 60.6 Å². The lowest BCUT2D eigenvalue weighted by Crippen LogP contribution is -2.31. The summed E-state index contributed by atoms with van der Waals surface area (Å²) in [5, 5.41) is 5.34. The second-order valence-electron chi connectivity index (χ2n) is 13.8. The standard InChI is InChI=1S/C48H44N2/c1-5-13-33(3)28-41(6-2)49-27-12-11-14-34(4)44-30-39(24-26-46(44)49)36-19-21-37(22-20-36)40-31-45-43-17-9-10-18-47(43)50(48(45)32-40)42-25-23-35-15-7-8-16-38(35)29-42/h5-8,11-19,21,23-31,33H,2,4,9-10,20,22,32H2,1,3H3/b13-5?,14-11-,27-12-,41-28+. The van der Waals surface area contributed by atoms with E-state index in [0.717, 1.165) is 54.6 Å². The summed E-state index contributed by atoms with van der Waals surface area (Å²) in [6.45, 7) is 12.9. The van der Waals surface area contributed by atoms with Crippen LogP contribution in [0.2, 0.25) is 0 Å². The van der Waals surface area contributed by atoms with Crippen LogP contribution >= 0.6 is 0 Å². The van der Waals surface area contributed by atoms with Gasteiger partial charge in [0.05, 0.1) is 5.69 Å². The molecular formula is C48H44N2. The molecular weight excluding hydrogens is 605 g/mol. The Morgan fingerprint density at radius 2 is 1.70 bits per heavy atom. The molecule has 1 unspecified atom stereocenters. The average Bonchev–Trinajstić information content (AvgIpc) is 3.71. The minimum absolute atomic E-state index is 0.299. The van der Waals surface area contributed by atoms with Gasteiger partial charge in [0.15, 0.2) is 0 Å². The number of hydrogen-bond acceptors (Lipinski definition) is 1. The van der Waals surface area contributed by atoms with Gasteiger partial charge >= 0.3 is 0 Å². The molecule has 3 aromatic carbocycles. The lowest BCUT2D eigenvalue weighted by Gasteiger charge is -2.27. The van der Waals surface area contributed by atoms with E-state index in [0.29, 0.717) is 5.92 Å². The number of benzene rings is 3. The lowest BCUT2D eigenvalue weighted by molar-refractivity contribution is 0.907. The number of fused-ring (bicyclic) bond motifs is 5. The van der Waals surface area contributed by atoms with Gasteiger partial charge in [0.2, 0.25) is 0 Å². The van der Waals surface area contributed by atoms with Gasteiger partial charge in [0.1, 0.15) is 0 Å². The molecule has 0 saturated carbocycles. The van der Waals surface area contributed by atoms with Gasteiger partial charge in [-0.2, -0.15) is 0 Å². The molecule has 0 saturated heterocycles. The van der Waals surface area contributed by atoms with E-state index in [1.54, 1.807) is 0 Å². The molecule has 0 amide bonds. The van der Waals surface area contributed by atoms with Gasteiger partial charge < -0.3 is 9.47 Å². The summed E-state index contributed by atoms with van der Waals surface area (Å²) >= 11 is 0. The van der Waals surface area contributed by atoms with Gasteiger partial charge in [-0.3, -0.25) is 0 Å². The summed E-state index contributed by atoms with van der Waals surface area (Å²) in [5.41, 5.74) is 14.0. The Kier molecular flexibility index (Phi) is 8.46. The maximum atomic E-state index is 4.46. The number of allylic oxidation sites excluding steroid dienone is 13. The zero-order valence-electron chi connectivity index (χ0n) is 29.2.